The lowest BCUT2D eigenvalue weighted by Crippen LogP contribution is -2.35. The molecule has 0 spiro atoms. The Morgan fingerprint density at radius 1 is 1.23 bits per heavy atom. The first-order chi connectivity index (χ1) is 12.4. The molecule has 1 heterocycles. The standard InChI is InChI=1S/C17H21ClN2O5S/c18-13-5-6-14(20-17(22)19-11-3-1-2-4-11)15(21)16(13)26(23,24)12-7-9-25-10-8-12/h1,3,5-6,11-12,21H,2,4,7-10H2,(H2,19,20,22). The number of carbonyl (C=O) groups excluding carboxylic acids is 1. The lowest BCUT2D eigenvalue weighted by atomic mass is 10.2. The zero-order valence-electron chi connectivity index (χ0n) is 14.1. The monoisotopic (exact) mass is 400 g/mol. The van der Waals surface area contributed by atoms with Crippen molar-refractivity contribution in [1.82, 2.24) is 5.32 Å². The maximum atomic E-state index is 12.9. The summed E-state index contributed by atoms with van der Waals surface area (Å²) < 4.78 is 31.0. The van der Waals surface area contributed by atoms with Crippen molar-refractivity contribution in [3.8, 4) is 5.75 Å². The molecule has 142 valence electrons. The van der Waals surface area contributed by atoms with Crippen molar-refractivity contribution in [2.75, 3.05) is 18.5 Å². The number of anilines is 1. The molecule has 3 rings (SSSR count). The van der Waals surface area contributed by atoms with Gasteiger partial charge < -0.3 is 20.5 Å². The largest absolute Gasteiger partial charge is 0.504 e. The Balaban J connectivity index is 1.83. The van der Waals surface area contributed by atoms with E-state index in [1.165, 1.54) is 12.1 Å². The fraction of sp³-hybridized carbons (Fsp3) is 0.471. The lowest BCUT2D eigenvalue weighted by molar-refractivity contribution is 0.0983. The number of hydrogen-bond donors (Lipinski definition) is 3. The molecule has 1 aromatic carbocycles. The minimum absolute atomic E-state index is 0.000453. The third kappa shape index (κ3) is 3.97. The number of phenolic OH excluding ortho intramolecular Hbond substituents is 1. The Labute approximate surface area is 157 Å². The fourth-order valence-corrected chi connectivity index (χ4v) is 5.49. The summed E-state index contributed by atoms with van der Waals surface area (Å²) in [5.74, 6) is -0.541. The molecular formula is C17H21ClN2O5S. The summed E-state index contributed by atoms with van der Waals surface area (Å²) in [7, 11) is -3.85. The Morgan fingerprint density at radius 2 is 1.96 bits per heavy atom. The van der Waals surface area contributed by atoms with E-state index < -0.39 is 26.9 Å². The van der Waals surface area contributed by atoms with Gasteiger partial charge in [0.15, 0.2) is 15.6 Å². The number of sulfone groups is 1. The number of allylic oxidation sites excluding steroid dienone is 1. The van der Waals surface area contributed by atoms with E-state index in [2.05, 4.69) is 10.6 Å². The second kappa shape index (κ2) is 7.85. The number of aromatic hydroxyl groups is 1. The number of phenols is 1. The fourth-order valence-electron chi connectivity index (χ4n) is 3.15. The highest BCUT2D eigenvalue weighted by Crippen LogP contribution is 2.40. The van der Waals surface area contributed by atoms with Crippen molar-refractivity contribution in [3.63, 3.8) is 0 Å². The second-order valence-corrected chi connectivity index (χ2v) is 8.91. The molecule has 1 aromatic rings. The van der Waals surface area contributed by atoms with Crippen molar-refractivity contribution >= 4 is 33.2 Å². The van der Waals surface area contributed by atoms with E-state index in [-0.39, 0.29) is 21.6 Å². The number of carbonyl (C=O) groups is 1. The molecule has 2 amide bonds. The summed E-state index contributed by atoms with van der Waals surface area (Å²) in [6, 6.07) is 2.15. The van der Waals surface area contributed by atoms with E-state index in [1.54, 1.807) is 0 Å². The topological polar surface area (TPSA) is 105 Å². The van der Waals surface area contributed by atoms with Crippen LogP contribution in [0.5, 0.6) is 5.75 Å². The number of urea groups is 1. The molecule has 0 bridgehead atoms. The van der Waals surface area contributed by atoms with Gasteiger partial charge in [0.1, 0.15) is 4.90 Å². The highest BCUT2D eigenvalue weighted by molar-refractivity contribution is 7.92. The van der Waals surface area contributed by atoms with Crippen molar-refractivity contribution in [1.29, 1.82) is 0 Å². The first-order valence-electron chi connectivity index (χ1n) is 8.47. The van der Waals surface area contributed by atoms with Gasteiger partial charge in [-0.3, -0.25) is 0 Å². The van der Waals surface area contributed by atoms with E-state index in [0.29, 0.717) is 26.1 Å². The van der Waals surface area contributed by atoms with Crippen LogP contribution in [0, 0.1) is 0 Å². The average Bonchev–Trinajstić information content (AvgIpc) is 3.11. The molecule has 0 radical (unpaired) electrons. The normalized spacial score (nSPS) is 20.9. The number of hydrogen-bond acceptors (Lipinski definition) is 5. The summed E-state index contributed by atoms with van der Waals surface area (Å²) in [6.07, 6.45) is 6.24. The highest BCUT2D eigenvalue weighted by Gasteiger charge is 2.34. The van der Waals surface area contributed by atoms with Crippen LogP contribution < -0.4 is 10.6 Å². The maximum Gasteiger partial charge on any atom is 0.319 e. The lowest BCUT2D eigenvalue weighted by Gasteiger charge is -2.23. The van der Waals surface area contributed by atoms with E-state index in [4.69, 9.17) is 16.3 Å². The third-order valence-electron chi connectivity index (χ3n) is 4.55. The van der Waals surface area contributed by atoms with Crippen molar-refractivity contribution < 1.29 is 23.1 Å². The quantitative estimate of drug-likeness (QED) is 0.532. The van der Waals surface area contributed by atoms with Crippen molar-refractivity contribution in [2.24, 2.45) is 0 Å². The summed E-state index contributed by atoms with van der Waals surface area (Å²) in [5, 5.41) is 15.0. The molecule has 1 fully saturated rings. The summed E-state index contributed by atoms with van der Waals surface area (Å²) in [4.78, 5) is 11.8. The summed E-state index contributed by atoms with van der Waals surface area (Å²) in [6.45, 7) is 0.690. The number of nitrogens with one attached hydrogen (secondary N) is 2. The van der Waals surface area contributed by atoms with E-state index in [9.17, 15) is 18.3 Å². The van der Waals surface area contributed by atoms with Gasteiger partial charge in [-0.15, -0.1) is 0 Å². The van der Waals surface area contributed by atoms with E-state index in [0.717, 1.165) is 12.8 Å². The van der Waals surface area contributed by atoms with Gasteiger partial charge in [0, 0.05) is 19.3 Å². The predicted octanol–water partition coefficient (Wildman–Crippen LogP) is 2.84. The molecule has 7 nitrogen and oxygen atoms in total. The smallest absolute Gasteiger partial charge is 0.319 e. The van der Waals surface area contributed by atoms with Gasteiger partial charge in [0.05, 0.1) is 16.0 Å². The predicted molar refractivity (Wildman–Crippen MR) is 98.5 cm³/mol. The van der Waals surface area contributed by atoms with E-state index >= 15 is 0 Å². The molecule has 1 aliphatic heterocycles. The highest BCUT2D eigenvalue weighted by atomic mass is 35.5. The molecule has 2 aliphatic rings. The minimum atomic E-state index is -3.85. The van der Waals surface area contributed by atoms with E-state index in [1.807, 2.05) is 12.2 Å². The van der Waals surface area contributed by atoms with Gasteiger partial charge >= 0.3 is 6.03 Å². The minimum Gasteiger partial charge on any atom is -0.504 e. The number of halogens is 1. The third-order valence-corrected chi connectivity index (χ3v) is 7.31. The zero-order chi connectivity index (χ0) is 18.7. The van der Waals surface area contributed by atoms with Crippen LogP contribution in [-0.2, 0) is 14.6 Å². The Kier molecular flexibility index (Phi) is 5.74. The Bertz CT molecular complexity index is 819. The maximum absolute atomic E-state index is 12.9. The molecule has 0 aromatic heterocycles. The number of rotatable bonds is 4. The van der Waals surface area contributed by atoms with Crippen LogP contribution in [0.25, 0.3) is 0 Å². The SMILES string of the molecule is O=C(Nc1ccc(Cl)c(S(=O)(=O)C2CCOCC2)c1O)NC1C=CCC1. The number of ether oxygens (including phenoxy) is 1. The van der Waals surface area contributed by atoms with Crippen molar-refractivity contribution in [3.05, 3.63) is 29.3 Å². The van der Waals surface area contributed by atoms with Crippen LogP contribution >= 0.6 is 11.6 Å². The van der Waals surface area contributed by atoms with Crippen LogP contribution in [0.4, 0.5) is 10.5 Å². The number of amides is 2. The molecule has 26 heavy (non-hydrogen) atoms. The van der Waals surface area contributed by atoms with Crippen LogP contribution in [-0.4, -0.2) is 44.1 Å². The zero-order valence-corrected chi connectivity index (χ0v) is 15.6. The van der Waals surface area contributed by atoms with Gasteiger partial charge in [-0.1, -0.05) is 23.8 Å². The van der Waals surface area contributed by atoms with Gasteiger partial charge in [-0.2, -0.15) is 0 Å². The molecule has 9 heteroatoms. The number of benzene rings is 1. The molecule has 3 N–H and O–H groups in total. The van der Waals surface area contributed by atoms with Crippen LogP contribution in [0.1, 0.15) is 25.7 Å². The van der Waals surface area contributed by atoms with Crippen LogP contribution in [0.2, 0.25) is 5.02 Å². The van der Waals surface area contributed by atoms with Gasteiger partial charge in [0.2, 0.25) is 0 Å². The Hall–Kier alpha value is -1.77. The summed E-state index contributed by atoms with van der Waals surface area (Å²) >= 11 is 6.07. The molecule has 1 aliphatic carbocycles. The van der Waals surface area contributed by atoms with Crippen LogP contribution in [0.15, 0.2) is 29.2 Å². The molecule has 1 atom stereocenters. The van der Waals surface area contributed by atoms with Gasteiger partial charge in [-0.25, -0.2) is 13.2 Å². The molecule has 1 unspecified atom stereocenters. The molecule has 0 saturated carbocycles. The first kappa shape index (κ1) is 19.0. The average molecular weight is 401 g/mol. The first-order valence-corrected chi connectivity index (χ1v) is 10.4. The van der Waals surface area contributed by atoms with Crippen LogP contribution in [0.3, 0.4) is 0 Å². The van der Waals surface area contributed by atoms with Gasteiger partial charge in [-0.05, 0) is 37.8 Å². The second-order valence-electron chi connectivity index (χ2n) is 6.34. The molecule has 1 saturated heterocycles. The van der Waals surface area contributed by atoms with Gasteiger partial charge in [0.25, 0.3) is 0 Å². The Morgan fingerprint density at radius 3 is 2.62 bits per heavy atom. The summed E-state index contributed by atoms with van der Waals surface area (Å²) in [5.41, 5.74) is -0.000453. The van der Waals surface area contributed by atoms with Crippen molar-refractivity contribution in [2.45, 2.75) is 41.9 Å². The molecular weight excluding hydrogens is 380 g/mol.